The van der Waals surface area contributed by atoms with Crippen LogP contribution in [0.25, 0.3) is 10.2 Å². The Morgan fingerprint density at radius 2 is 1.80 bits per heavy atom. The molecule has 202 valence electrons. The van der Waals surface area contributed by atoms with Crippen molar-refractivity contribution in [2.24, 2.45) is 0 Å². The summed E-state index contributed by atoms with van der Waals surface area (Å²) in [6.07, 6.45) is 3.28. The number of fused-ring (bicyclic) bond motifs is 1. The number of carbonyl (C=O) groups excluding carboxylic acids is 1. The van der Waals surface area contributed by atoms with Gasteiger partial charge in [0.2, 0.25) is 17.8 Å². The van der Waals surface area contributed by atoms with Gasteiger partial charge >= 0.3 is 0 Å². The van der Waals surface area contributed by atoms with E-state index < -0.39 is 0 Å². The number of piperazine rings is 1. The number of hydrogen-bond acceptors (Lipinski definition) is 10. The molecule has 1 amide bonds. The highest BCUT2D eigenvalue weighted by molar-refractivity contribution is 7.16. The molecule has 6 rings (SSSR count). The summed E-state index contributed by atoms with van der Waals surface area (Å²) in [5.74, 6) is 1.79. The molecule has 4 heterocycles. The first-order chi connectivity index (χ1) is 19.6. The van der Waals surface area contributed by atoms with Crippen molar-refractivity contribution in [3.8, 4) is 0 Å². The molecule has 1 saturated heterocycles. The maximum atomic E-state index is 12.9. The van der Waals surface area contributed by atoms with Gasteiger partial charge in [0.05, 0.1) is 21.3 Å². The second-order valence-electron chi connectivity index (χ2n) is 9.66. The number of benzene rings is 2. The van der Waals surface area contributed by atoms with Gasteiger partial charge in [0.25, 0.3) is 5.91 Å². The van der Waals surface area contributed by atoms with Gasteiger partial charge in [-0.1, -0.05) is 37.3 Å². The molecule has 5 aromatic rings. The third-order valence-corrected chi connectivity index (χ3v) is 7.70. The van der Waals surface area contributed by atoms with E-state index in [1.165, 1.54) is 5.56 Å². The number of rotatable bonds is 8. The largest absolute Gasteiger partial charge is 0.353 e. The summed E-state index contributed by atoms with van der Waals surface area (Å²) in [5.41, 5.74) is 5.52. The van der Waals surface area contributed by atoms with Crippen molar-refractivity contribution in [2.75, 3.05) is 48.3 Å². The molecular weight excluding hydrogens is 522 g/mol. The number of pyridine rings is 1. The minimum Gasteiger partial charge on any atom is -0.353 e. The van der Waals surface area contributed by atoms with E-state index in [0.29, 0.717) is 56.1 Å². The van der Waals surface area contributed by atoms with Crippen molar-refractivity contribution in [2.45, 2.75) is 12.8 Å². The highest BCUT2D eigenvalue weighted by Gasteiger charge is 2.24. The number of thiazole rings is 1. The molecule has 1 aliphatic heterocycles. The number of nitrogens with zero attached hydrogens (tertiary/aromatic N) is 7. The number of anilines is 4. The van der Waals surface area contributed by atoms with Gasteiger partial charge in [0.1, 0.15) is 0 Å². The SMILES string of the molecule is CC(CNc1nc(Nc2ccc3ncsc3c2)nc(N2CCN(C(=O)c3cccnc3)CC2)n1)c1ccccc1. The maximum Gasteiger partial charge on any atom is 0.255 e. The lowest BCUT2D eigenvalue weighted by molar-refractivity contribution is 0.0746. The summed E-state index contributed by atoms with van der Waals surface area (Å²) in [6, 6.07) is 19.9. The van der Waals surface area contributed by atoms with Crippen LogP contribution in [-0.4, -0.2) is 68.5 Å². The van der Waals surface area contributed by atoms with Crippen molar-refractivity contribution >= 4 is 51.0 Å². The van der Waals surface area contributed by atoms with Crippen molar-refractivity contribution in [1.82, 2.24) is 29.8 Å². The first-order valence-corrected chi connectivity index (χ1v) is 14.1. The fraction of sp³-hybridized carbons (Fsp3) is 0.241. The summed E-state index contributed by atoms with van der Waals surface area (Å²) < 4.78 is 1.09. The molecule has 11 heteroatoms. The second kappa shape index (κ2) is 11.6. The van der Waals surface area contributed by atoms with Crippen molar-refractivity contribution < 1.29 is 4.79 Å². The molecule has 0 radical (unpaired) electrons. The minimum atomic E-state index is -0.0125. The highest BCUT2D eigenvalue weighted by atomic mass is 32.1. The highest BCUT2D eigenvalue weighted by Crippen LogP contribution is 2.25. The lowest BCUT2D eigenvalue weighted by Crippen LogP contribution is -2.49. The molecule has 10 nitrogen and oxygen atoms in total. The molecule has 2 aromatic carbocycles. The summed E-state index contributed by atoms with van der Waals surface area (Å²) in [4.78, 5) is 39.5. The molecule has 3 aromatic heterocycles. The van der Waals surface area contributed by atoms with Crippen LogP contribution in [0.3, 0.4) is 0 Å². The second-order valence-corrected chi connectivity index (χ2v) is 10.5. The van der Waals surface area contributed by atoms with E-state index in [4.69, 9.17) is 9.97 Å². The van der Waals surface area contributed by atoms with Crippen LogP contribution in [-0.2, 0) is 0 Å². The van der Waals surface area contributed by atoms with E-state index in [0.717, 1.165) is 15.9 Å². The Labute approximate surface area is 236 Å². The van der Waals surface area contributed by atoms with E-state index in [9.17, 15) is 4.79 Å². The number of hydrogen-bond donors (Lipinski definition) is 2. The average molecular weight is 552 g/mol. The molecule has 40 heavy (non-hydrogen) atoms. The van der Waals surface area contributed by atoms with Crippen LogP contribution >= 0.6 is 11.3 Å². The van der Waals surface area contributed by atoms with Crippen LogP contribution in [0.15, 0.2) is 78.6 Å². The maximum absolute atomic E-state index is 12.9. The minimum absolute atomic E-state index is 0.0125. The standard InChI is InChI=1S/C29H29N9OS/c1-20(21-6-3-2-4-7-21)17-31-27-34-28(33-23-9-10-24-25(16-23)40-19-32-24)36-29(35-27)38-14-12-37(13-15-38)26(39)22-8-5-11-30-18-22/h2-11,16,18-20H,12-15,17H2,1H3,(H2,31,33,34,35,36). The summed E-state index contributed by atoms with van der Waals surface area (Å²) in [5, 5.41) is 6.77. The van der Waals surface area contributed by atoms with E-state index in [1.54, 1.807) is 35.9 Å². The summed E-state index contributed by atoms with van der Waals surface area (Å²) >= 11 is 1.59. The zero-order chi connectivity index (χ0) is 27.3. The Balaban J connectivity index is 1.21. The van der Waals surface area contributed by atoms with E-state index in [2.05, 4.69) is 49.5 Å². The van der Waals surface area contributed by atoms with E-state index in [1.807, 2.05) is 46.8 Å². The van der Waals surface area contributed by atoms with E-state index in [-0.39, 0.29) is 11.8 Å². The van der Waals surface area contributed by atoms with Gasteiger partial charge in [-0.2, -0.15) is 15.0 Å². The van der Waals surface area contributed by atoms with Crippen LogP contribution in [0.5, 0.6) is 0 Å². The Bertz CT molecular complexity index is 1590. The Kier molecular flexibility index (Phi) is 7.45. The smallest absolute Gasteiger partial charge is 0.255 e. The van der Waals surface area contributed by atoms with Gasteiger partial charge in [-0.25, -0.2) is 4.98 Å². The van der Waals surface area contributed by atoms with Crippen LogP contribution in [0.4, 0.5) is 23.5 Å². The van der Waals surface area contributed by atoms with Gasteiger partial charge < -0.3 is 20.4 Å². The molecule has 0 spiro atoms. The van der Waals surface area contributed by atoms with Gasteiger partial charge in [-0.05, 0) is 41.8 Å². The number of carbonyl (C=O) groups is 1. The van der Waals surface area contributed by atoms with Gasteiger partial charge in [0, 0.05) is 50.8 Å². The first kappa shape index (κ1) is 25.6. The zero-order valence-electron chi connectivity index (χ0n) is 22.1. The molecule has 1 unspecified atom stereocenters. The number of aromatic nitrogens is 5. The Morgan fingerprint density at radius 3 is 2.60 bits per heavy atom. The lowest BCUT2D eigenvalue weighted by atomic mass is 10.0. The topological polar surface area (TPSA) is 112 Å². The van der Waals surface area contributed by atoms with Crippen LogP contribution in [0, 0.1) is 0 Å². The van der Waals surface area contributed by atoms with Crippen molar-refractivity contribution in [3.05, 3.63) is 89.7 Å². The Morgan fingerprint density at radius 1 is 0.975 bits per heavy atom. The predicted molar refractivity (Wildman–Crippen MR) is 158 cm³/mol. The quantitative estimate of drug-likeness (QED) is 0.281. The normalized spacial score (nSPS) is 14.2. The molecule has 0 saturated carbocycles. The number of amides is 1. The lowest BCUT2D eigenvalue weighted by Gasteiger charge is -2.34. The van der Waals surface area contributed by atoms with Crippen molar-refractivity contribution in [1.29, 1.82) is 0 Å². The summed E-state index contributed by atoms with van der Waals surface area (Å²) in [7, 11) is 0. The van der Waals surface area contributed by atoms with Gasteiger partial charge in [-0.15, -0.1) is 11.3 Å². The fourth-order valence-electron chi connectivity index (χ4n) is 4.63. The molecule has 1 atom stereocenters. The average Bonchev–Trinajstić information content (AvgIpc) is 3.48. The van der Waals surface area contributed by atoms with Gasteiger partial charge in [-0.3, -0.25) is 9.78 Å². The molecule has 2 N–H and O–H groups in total. The number of nitrogens with one attached hydrogen (secondary N) is 2. The monoisotopic (exact) mass is 551 g/mol. The predicted octanol–water partition coefficient (Wildman–Crippen LogP) is 4.80. The summed E-state index contributed by atoms with van der Waals surface area (Å²) in [6.45, 7) is 5.21. The van der Waals surface area contributed by atoms with Crippen LogP contribution < -0.4 is 15.5 Å². The van der Waals surface area contributed by atoms with Crippen LogP contribution in [0.2, 0.25) is 0 Å². The fourth-order valence-corrected chi connectivity index (χ4v) is 5.34. The molecule has 1 fully saturated rings. The third-order valence-electron chi connectivity index (χ3n) is 6.90. The molecule has 0 bridgehead atoms. The molecule has 0 aliphatic carbocycles. The van der Waals surface area contributed by atoms with Gasteiger partial charge in [0.15, 0.2) is 0 Å². The first-order valence-electron chi connectivity index (χ1n) is 13.2. The Hall–Kier alpha value is -4.64. The molecular formula is C29H29N9OS. The van der Waals surface area contributed by atoms with E-state index >= 15 is 0 Å². The third kappa shape index (κ3) is 5.84. The van der Waals surface area contributed by atoms with Crippen LogP contribution in [0.1, 0.15) is 28.8 Å². The molecule has 1 aliphatic rings. The van der Waals surface area contributed by atoms with Crippen molar-refractivity contribution in [3.63, 3.8) is 0 Å². The zero-order valence-corrected chi connectivity index (χ0v) is 22.9.